The third-order valence-corrected chi connectivity index (χ3v) is 5.01. The maximum absolute atomic E-state index is 12.7. The van der Waals surface area contributed by atoms with E-state index in [1.165, 1.54) is 26.4 Å². The second-order valence-electron chi connectivity index (χ2n) is 5.39. The van der Waals surface area contributed by atoms with Crippen molar-refractivity contribution in [2.24, 2.45) is 0 Å². The fourth-order valence-electron chi connectivity index (χ4n) is 2.26. The van der Waals surface area contributed by atoms with E-state index in [1.54, 1.807) is 48.8 Å². The summed E-state index contributed by atoms with van der Waals surface area (Å²) >= 11 is 0. The zero-order chi connectivity index (χ0) is 19.3. The van der Waals surface area contributed by atoms with Gasteiger partial charge in [-0.25, -0.2) is 18.4 Å². The normalized spacial score (nSPS) is 10.9. The molecule has 0 saturated carbocycles. The monoisotopic (exact) mass is 386 g/mol. The second-order valence-corrected chi connectivity index (χ2v) is 7.08. The molecule has 3 aromatic rings. The average Bonchev–Trinajstić information content (AvgIpc) is 2.70. The Kier molecular flexibility index (Phi) is 5.41. The smallest absolute Gasteiger partial charge is 0.262 e. The number of anilines is 3. The first kappa shape index (κ1) is 18.5. The highest BCUT2D eigenvalue weighted by Gasteiger charge is 2.17. The lowest BCUT2D eigenvalue weighted by molar-refractivity contribution is 0.398. The summed E-state index contributed by atoms with van der Waals surface area (Å²) in [5.74, 6) is 1.40. The van der Waals surface area contributed by atoms with E-state index >= 15 is 0 Å². The minimum Gasteiger partial charge on any atom is -0.497 e. The molecule has 0 spiro atoms. The van der Waals surface area contributed by atoms with E-state index in [9.17, 15) is 8.42 Å². The van der Waals surface area contributed by atoms with E-state index in [-0.39, 0.29) is 4.90 Å². The van der Waals surface area contributed by atoms with Crippen molar-refractivity contribution in [1.82, 2.24) is 9.97 Å². The van der Waals surface area contributed by atoms with E-state index in [0.29, 0.717) is 28.8 Å². The first-order valence-electron chi connectivity index (χ1n) is 7.91. The third kappa shape index (κ3) is 4.45. The standard InChI is InChI=1S/C18H18N4O4S/c1-25-14-6-8-15(9-7-14)27(23,24)22-16-4-3-11-19-18(16)21-13-5-10-17(26-2)20-12-13/h3-12,22H,1-2H3,(H,19,21). The van der Waals surface area contributed by atoms with Gasteiger partial charge in [0.2, 0.25) is 5.88 Å². The van der Waals surface area contributed by atoms with Crippen LogP contribution in [0.3, 0.4) is 0 Å². The summed E-state index contributed by atoms with van der Waals surface area (Å²) in [5, 5.41) is 3.04. The summed E-state index contributed by atoms with van der Waals surface area (Å²) < 4.78 is 37.9. The van der Waals surface area contributed by atoms with Crippen LogP contribution in [-0.2, 0) is 10.0 Å². The Morgan fingerprint density at radius 2 is 1.70 bits per heavy atom. The number of nitrogens with zero attached hydrogens (tertiary/aromatic N) is 2. The van der Waals surface area contributed by atoms with Gasteiger partial charge in [-0.2, -0.15) is 0 Å². The molecule has 0 aliphatic rings. The van der Waals surface area contributed by atoms with E-state index in [1.807, 2.05) is 0 Å². The number of hydrogen-bond donors (Lipinski definition) is 2. The van der Waals surface area contributed by atoms with Crippen molar-refractivity contribution in [3.8, 4) is 11.6 Å². The van der Waals surface area contributed by atoms with Gasteiger partial charge < -0.3 is 14.8 Å². The van der Waals surface area contributed by atoms with Crippen molar-refractivity contribution in [3.63, 3.8) is 0 Å². The molecule has 0 aliphatic carbocycles. The molecule has 2 heterocycles. The number of benzene rings is 1. The summed E-state index contributed by atoms with van der Waals surface area (Å²) in [7, 11) is -0.740. The number of rotatable bonds is 7. The first-order valence-corrected chi connectivity index (χ1v) is 9.39. The largest absolute Gasteiger partial charge is 0.497 e. The molecule has 9 heteroatoms. The van der Waals surface area contributed by atoms with Crippen LogP contribution in [0.4, 0.5) is 17.2 Å². The molecule has 8 nitrogen and oxygen atoms in total. The Hall–Kier alpha value is -3.33. The zero-order valence-corrected chi connectivity index (χ0v) is 15.5. The molecular formula is C18H18N4O4S. The molecule has 0 radical (unpaired) electrons. The number of aromatic nitrogens is 2. The van der Waals surface area contributed by atoms with Crippen LogP contribution in [0, 0.1) is 0 Å². The van der Waals surface area contributed by atoms with E-state index in [2.05, 4.69) is 20.0 Å². The van der Waals surface area contributed by atoms with Crippen LogP contribution in [0.5, 0.6) is 11.6 Å². The van der Waals surface area contributed by atoms with Gasteiger partial charge in [-0.05, 0) is 42.5 Å². The molecule has 3 rings (SSSR count). The van der Waals surface area contributed by atoms with E-state index < -0.39 is 10.0 Å². The SMILES string of the molecule is COc1ccc(S(=O)(=O)Nc2cccnc2Nc2ccc(OC)nc2)cc1. The van der Waals surface area contributed by atoms with Gasteiger partial charge in [-0.1, -0.05) is 0 Å². The summed E-state index contributed by atoms with van der Waals surface area (Å²) in [5.41, 5.74) is 0.948. The van der Waals surface area contributed by atoms with Gasteiger partial charge in [0.1, 0.15) is 5.75 Å². The number of sulfonamides is 1. The molecule has 0 unspecified atom stereocenters. The fraction of sp³-hybridized carbons (Fsp3) is 0.111. The van der Waals surface area contributed by atoms with E-state index in [4.69, 9.17) is 9.47 Å². The molecule has 0 saturated heterocycles. The lowest BCUT2D eigenvalue weighted by Crippen LogP contribution is -2.14. The van der Waals surface area contributed by atoms with Crippen molar-refractivity contribution < 1.29 is 17.9 Å². The third-order valence-electron chi connectivity index (χ3n) is 3.63. The molecule has 0 aliphatic heterocycles. The van der Waals surface area contributed by atoms with Crippen molar-refractivity contribution >= 4 is 27.2 Å². The molecule has 27 heavy (non-hydrogen) atoms. The van der Waals surface area contributed by atoms with Gasteiger partial charge in [0.05, 0.1) is 36.7 Å². The first-order chi connectivity index (χ1) is 13.0. The van der Waals surface area contributed by atoms with Gasteiger partial charge in [-0.3, -0.25) is 4.72 Å². The van der Waals surface area contributed by atoms with Crippen LogP contribution >= 0.6 is 0 Å². The quantitative estimate of drug-likeness (QED) is 0.643. The molecule has 0 bridgehead atoms. The number of ether oxygens (including phenoxy) is 2. The molecule has 2 aromatic heterocycles. The Bertz CT molecular complexity index is 1010. The lowest BCUT2D eigenvalue weighted by atomic mass is 10.3. The minimum atomic E-state index is -3.78. The molecule has 140 valence electrons. The predicted octanol–water partition coefficient (Wildman–Crippen LogP) is 3.04. The summed E-state index contributed by atoms with van der Waals surface area (Å²) in [4.78, 5) is 8.42. The minimum absolute atomic E-state index is 0.115. The van der Waals surface area contributed by atoms with Crippen LogP contribution < -0.4 is 19.5 Å². The molecule has 2 N–H and O–H groups in total. The highest BCUT2D eigenvalue weighted by Crippen LogP contribution is 2.26. The molecule has 0 amide bonds. The zero-order valence-electron chi connectivity index (χ0n) is 14.7. The topological polar surface area (TPSA) is 102 Å². The van der Waals surface area contributed by atoms with Gasteiger partial charge in [0.25, 0.3) is 10.0 Å². The van der Waals surface area contributed by atoms with Crippen molar-refractivity contribution in [3.05, 3.63) is 60.9 Å². The highest BCUT2D eigenvalue weighted by atomic mass is 32.2. The van der Waals surface area contributed by atoms with Crippen molar-refractivity contribution in [1.29, 1.82) is 0 Å². The summed E-state index contributed by atoms with van der Waals surface area (Å²) in [6.45, 7) is 0. The van der Waals surface area contributed by atoms with Gasteiger partial charge >= 0.3 is 0 Å². The van der Waals surface area contributed by atoms with Crippen LogP contribution in [-0.4, -0.2) is 32.6 Å². The van der Waals surface area contributed by atoms with Crippen molar-refractivity contribution in [2.45, 2.75) is 4.90 Å². The molecule has 0 fully saturated rings. The maximum Gasteiger partial charge on any atom is 0.262 e. The fourth-order valence-corrected chi connectivity index (χ4v) is 3.32. The number of pyridine rings is 2. The van der Waals surface area contributed by atoms with Gasteiger partial charge in [0, 0.05) is 12.3 Å². The van der Waals surface area contributed by atoms with Crippen LogP contribution in [0.15, 0.2) is 65.8 Å². The summed E-state index contributed by atoms with van der Waals surface area (Å²) in [6.07, 6.45) is 3.12. The molecule has 1 aromatic carbocycles. The highest BCUT2D eigenvalue weighted by molar-refractivity contribution is 7.92. The Labute approximate surface area is 157 Å². The van der Waals surface area contributed by atoms with Gasteiger partial charge in [0.15, 0.2) is 5.82 Å². The lowest BCUT2D eigenvalue weighted by Gasteiger charge is -2.13. The molecule has 0 atom stereocenters. The Morgan fingerprint density at radius 1 is 0.926 bits per heavy atom. The second kappa shape index (κ2) is 7.92. The van der Waals surface area contributed by atoms with Crippen LogP contribution in [0.1, 0.15) is 0 Å². The average molecular weight is 386 g/mol. The Balaban J connectivity index is 1.84. The summed E-state index contributed by atoms with van der Waals surface area (Å²) in [6, 6.07) is 12.8. The predicted molar refractivity (Wildman–Crippen MR) is 102 cm³/mol. The molecular weight excluding hydrogens is 368 g/mol. The number of methoxy groups -OCH3 is 2. The van der Waals surface area contributed by atoms with Crippen LogP contribution in [0.2, 0.25) is 0 Å². The number of hydrogen-bond acceptors (Lipinski definition) is 7. The Morgan fingerprint density at radius 3 is 2.33 bits per heavy atom. The van der Waals surface area contributed by atoms with E-state index in [0.717, 1.165) is 0 Å². The van der Waals surface area contributed by atoms with Gasteiger partial charge in [-0.15, -0.1) is 0 Å². The number of nitrogens with one attached hydrogen (secondary N) is 2. The van der Waals surface area contributed by atoms with Crippen molar-refractivity contribution in [2.75, 3.05) is 24.3 Å². The van der Waals surface area contributed by atoms with Crippen LogP contribution in [0.25, 0.3) is 0 Å². The maximum atomic E-state index is 12.7.